The number of nitriles is 2. The van der Waals surface area contributed by atoms with Crippen LogP contribution in [-0.2, 0) is 0 Å². The fourth-order valence-electron chi connectivity index (χ4n) is 4.34. The number of nitrogens with zero attached hydrogens (tertiary/aromatic N) is 3. The van der Waals surface area contributed by atoms with E-state index >= 15 is 0 Å². The zero-order valence-electron chi connectivity index (χ0n) is 19.0. The first-order valence-corrected chi connectivity index (χ1v) is 11.3. The van der Waals surface area contributed by atoms with Crippen molar-refractivity contribution in [3.05, 3.63) is 139 Å². The molecule has 3 heteroatoms. The normalized spacial score (nSPS) is 10.2. The predicted octanol–water partition coefficient (Wildman–Crippen LogP) is 8.23. The fourth-order valence-corrected chi connectivity index (χ4v) is 4.34. The number of rotatable bonds is 5. The van der Waals surface area contributed by atoms with Crippen molar-refractivity contribution in [3.8, 4) is 34.4 Å². The summed E-state index contributed by atoms with van der Waals surface area (Å²) in [5.41, 5.74) is 7.28. The van der Waals surface area contributed by atoms with Gasteiger partial charge in [-0.25, -0.2) is 0 Å². The molecule has 0 unspecified atom stereocenters. The molecule has 0 aliphatic carbocycles. The quantitative estimate of drug-likeness (QED) is 0.273. The Morgan fingerprint density at radius 1 is 0.457 bits per heavy atom. The maximum Gasteiger partial charge on any atom is 0.0998 e. The molecule has 164 valence electrons. The Kier molecular flexibility index (Phi) is 6.07. The molecular weight excluding hydrogens is 426 g/mol. The Hall–Kier alpha value is -5.12. The SMILES string of the molecule is N#Cc1cc(-c2ccccc2N(c2ccccc2)c2ccccc2)c(C#N)cc1-c1ccccc1. The average Bonchev–Trinajstić information content (AvgIpc) is 2.94. The zero-order valence-corrected chi connectivity index (χ0v) is 19.0. The summed E-state index contributed by atoms with van der Waals surface area (Å²) in [6.45, 7) is 0. The first-order chi connectivity index (χ1) is 17.3. The fraction of sp³-hybridized carbons (Fsp3) is 0. The van der Waals surface area contributed by atoms with E-state index in [9.17, 15) is 10.5 Å². The summed E-state index contributed by atoms with van der Waals surface area (Å²) in [5.74, 6) is 0. The number of anilines is 3. The molecule has 0 aliphatic rings. The molecule has 0 N–H and O–H groups in total. The third-order valence-electron chi connectivity index (χ3n) is 5.95. The second-order valence-electron chi connectivity index (χ2n) is 8.06. The van der Waals surface area contributed by atoms with Crippen LogP contribution >= 0.6 is 0 Å². The molecule has 0 fully saturated rings. The molecule has 3 nitrogen and oxygen atoms in total. The summed E-state index contributed by atoms with van der Waals surface area (Å²) in [5, 5.41) is 20.1. The zero-order chi connectivity index (χ0) is 24.0. The van der Waals surface area contributed by atoms with Crippen LogP contribution in [0.4, 0.5) is 17.1 Å². The van der Waals surface area contributed by atoms with Crippen LogP contribution in [0.15, 0.2) is 127 Å². The summed E-state index contributed by atoms with van der Waals surface area (Å²) in [6.07, 6.45) is 0. The topological polar surface area (TPSA) is 50.8 Å². The van der Waals surface area contributed by atoms with E-state index < -0.39 is 0 Å². The smallest absolute Gasteiger partial charge is 0.0998 e. The minimum atomic E-state index is 0.524. The van der Waals surface area contributed by atoms with E-state index in [1.54, 1.807) is 0 Å². The molecule has 0 radical (unpaired) electrons. The van der Waals surface area contributed by atoms with Crippen molar-refractivity contribution >= 4 is 17.1 Å². The van der Waals surface area contributed by atoms with Crippen LogP contribution in [-0.4, -0.2) is 0 Å². The van der Waals surface area contributed by atoms with E-state index in [4.69, 9.17) is 0 Å². The number of para-hydroxylation sites is 3. The van der Waals surface area contributed by atoms with Crippen molar-refractivity contribution in [2.45, 2.75) is 0 Å². The van der Waals surface area contributed by atoms with Crippen LogP contribution in [0.5, 0.6) is 0 Å². The van der Waals surface area contributed by atoms with Crippen molar-refractivity contribution in [3.63, 3.8) is 0 Å². The largest absolute Gasteiger partial charge is 0.310 e. The first-order valence-electron chi connectivity index (χ1n) is 11.3. The molecule has 0 spiro atoms. The minimum absolute atomic E-state index is 0.524. The van der Waals surface area contributed by atoms with Crippen LogP contribution in [0.1, 0.15) is 11.1 Å². The predicted molar refractivity (Wildman–Crippen MR) is 141 cm³/mol. The highest BCUT2D eigenvalue weighted by Crippen LogP contribution is 2.42. The maximum atomic E-state index is 10.1. The molecule has 0 amide bonds. The Labute approximate surface area is 205 Å². The van der Waals surface area contributed by atoms with Crippen molar-refractivity contribution in [2.24, 2.45) is 0 Å². The molecule has 0 saturated heterocycles. The van der Waals surface area contributed by atoms with Gasteiger partial charge in [0.25, 0.3) is 0 Å². The van der Waals surface area contributed by atoms with E-state index in [1.807, 2.05) is 103 Å². The van der Waals surface area contributed by atoms with Gasteiger partial charge in [0.15, 0.2) is 0 Å². The Bertz CT molecular complexity index is 1500. The van der Waals surface area contributed by atoms with Gasteiger partial charge in [0, 0.05) is 28.1 Å². The summed E-state index contributed by atoms with van der Waals surface area (Å²) in [6, 6.07) is 46.4. The summed E-state index contributed by atoms with van der Waals surface area (Å²) in [7, 11) is 0. The lowest BCUT2D eigenvalue weighted by molar-refractivity contribution is 1.28. The van der Waals surface area contributed by atoms with Crippen LogP contribution < -0.4 is 4.90 Å². The van der Waals surface area contributed by atoms with E-state index in [0.717, 1.165) is 39.3 Å². The van der Waals surface area contributed by atoms with Crippen LogP contribution in [0.2, 0.25) is 0 Å². The molecule has 0 aromatic heterocycles. The molecule has 0 saturated carbocycles. The standard InChI is InChI=1S/C32H21N3/c33-22-25-21-31(26(23-34)20-30(25)24-12-4-1-5-13-24)29-18-10-11-19-32(29)35(27-14-6-2-7-15-27)28-16-8-3-9-17-28/h1-21H. The monoisotopic (exact) mass is 447 g/mol. The van der Waals surface area contributed by atoms with Gasteiger partial charge in [-0.1, -0.05) is 84.9 Å². The van der Waals surface area contributed by atoms with Gasteiger partial charge in [-0.2, -0.15) is 10.5 Å². The van der Waals surface area contributed by atoms with Crippen molar-refractivity contribution in [1.82, 2.24) is 0 Å². The van der Waals surface area contributed by atoms with Crippen molar-refractivity contribution in [2.75, 3.05) is 4.90 Å². The summed E-state index contributed by atoms with van der Waals surface area (Å²) >= 11 is 0. The van der Waals surface area contributed by atoms with Gasteiger partial charge in [-0.3, -0.25) is 0 Å². The summed E-state index contributed by atoms with van der Waals surface area (Å²) in [4.78, 5) is 2.17. The van der Waals surface area contributed by atoms with Crippen LogP contribution in [0.25, 0.3) is 22.3 Å². The van der Waals surface area contributed by atoms with E-state index in [0.29, 0.717) is 11.1 Å². The van der Waals surface area contributed by atoms with Gasteiger partial charge in [0.05, 0.1) is 29.0 Å². The lowest BCUT2D eigenvalue weighted by atomic mass is 9.90. The first kappa shape index (κ1) is 21.7. The number of benzene rings is 5. The van der Waals surface area contributed by atoms with E-state index in [2.05, 4.69) is 41.3 Å². The maximum absolute atomic E-state index is 10.1. The molecule has 0 heterocycles. The Morgan fingerprint density at radius 2 is 0.914 bits per heavy atom. The minimum Gasteiger partial charge on any atom is -0.310 e. The van der Waals surface area contributed by atoms with Gasteiger partial charge in [0.2, 0.25) is 0 Å². The average molecular weight is 448 g/mol. The second kappa shape index (κ2) is 9.79. The highest BCUT2D eigenvalue weighted by atomic mass is 15.1. The molecule has 5 aromatic rings. The third kappa shape index (κ3) is 4.27. The van der Waals surface area contributed by atoms with E-state index in [1.165, 1.54) is 0 Å². The van der Waals surface area contributed by atoms with Crippen molar-refractivity contribution < 1.29 is 0 Å². The lowest BCUT2D eigenvalue weighted by Gasteiger charge is -2.28. The third-order valence-corrected chi connectivity index (χ3v) is 5.95. The van der Waals surface area contributed by atoms with Crippen LogP contribution in [0.3, 0.4) is 0 Å². The molecule has 0 atom stereocenters. The lowest BCUT2D eigenvalue weighted by Crippen LogP contribution is -2.11. The molecule has 35 heavy (non-hydrogen) atoms. The molecule has 5 rings (SSSR count). The number of hydrogen-bond donors (Lipinski definition) is 0. The highest BCUT2D eigenvalue weighted by molar-refractivity contribution is 5.91. The molecule has 0 bridgehead atoms. The highest BCUT2D eigenvalue weighted by Gasteiger charge is 2.20. The molecule has 5 aromatic carbocycles. The van der Waals surface area contributed by atoms with Gasteiger partial charge < -0.3 is 4.90 Å². The second-order valence-corrected chi connectivity index (χ2v) is 8.06. The Morgan fingerprint density at radius 3 is 1.49 bits per heavy atom. The Balaban J connectivity index is 1.75. The molecule has 0 aliphatic heterocycles. The van der Waals surface area contributed by atoms with Crippen molar-refractivity contribution in [1.29, 1.82) is 10.5 Å². The van der Waals surface area contributed by atoms with E-state index in [-0.39, 0.29) is 0 Å². The number of hydrogen-bond acceptors (Lipinski definition) is 3. The van der Waals surface area contributed by atoms with Gasteiger partial charge in [0.1, 0.15) is 0 Å². The van der Waals surface area contributed by atoms with Crippen LogP contribution in [0, 0.1) is 22.7 Å². The van der Waals surface area contributed by atoms with Gasteiger partial charge >= 0.3 is 0 Å². The molecular formula is C32H21N3. The summed E-state index contributed by atoms with van der Waals surface area (Å²) < 4.78 is 0. The van der Waals surface area contributed by atoms with Gasteiger partial charge in [-0.05, 0) is 48.0 Å². The van der Waals surface area contributed by atoms with Gasteiger partial charge in [-0.15, -0.1) is 0 Å².